The lowest BCUT2D eigenvalue weighted by Crippen LogP contribution is -2.39. The highest BCUT2D eigenvalue weighted by atomic mass is 16.6. The number of esters is 2. The fraction of sp³-hybridized carbons (Fsp3) is 0.391. The topological polar surface area (TPSA) is 189 Å². The molecule has 1 aliphatic heterocycles. The van der Waals surface area contributed by atoms with Crippen LogP contribution in [0.2, 0.25) is 0 Å². The van der Waals surface area contributed by atoms with Gasteiger partial charge in [0, 0.05) is 6.42 Å². The summed E-state index contributed by atoms with van der Waals surface area (Å²) in [6.07, 6.45) is 24.7. The third-order valence-corrected chi connectivity index (χ3v) is 9.91. The van der Waals surface area contributed by atoms with E-state index in [1.807, 2.05) is 95.4 Å². The molecule has 0 radical (unpaired) electrons. The van der Waals surface area contributed by atoms with E-state index in [1.54, 1.807) is 6.92 Å². The molecule has 13 nitrogen and oxygen atoms in total. The van der Waals surface area contributed by atoms with Crippen molar-refractivity contribution in [3.8, 4) is 0 Å². The SMILES string of the molecule is C/C=C/C(C)=C/C=C/C(C)=C/C=C/C=C(C)/C=C/C=C(C)/C=C/C1=C(C)C(=O)C(OC(=O)CCC(=O)OCC2OC(n3cnc4c(N)ncnc43)C(O)C2O)CC1(C)C. The predicted octanol–water partition coefficient (Wildman–Crippen LogP) is 7.16. The van der Waals surface area contributed by atoms with Gasteiger partial charge in [-0.3, -0.25) is 19.0 Å². The van der Waals surface area contributed by atoms with Crippen molar-refractivity contribution < 1.29 is 38.8 Å². The van der Waals surface area contributed by atoms with Gasteiger partial charge >= 0.3 is 11.9 Å². The average molecular weight is 808 g/mol. The van der Waals surface area contributed by atoms with E-state index in [-0.39, 0.29) is 37.5 Å². The number of carbonyl (C=O) groups is 3. The summed E-state index contributed by atoms with van der Waals surface area (Å²) in [5.74, 6) is -1.59. The molecule has 13 heteroatoms. The Hall–Kier alpha value is -5.76. The zero-order valence-corrected chi connectivity index (χ0v) is 35.2. The van der Waals surface area contributed by atoms with Crippen LogP contribution in [0.15, 0.2) is 131 Å². The maximum absolute atomic E-state index is 13.3. The van der Waals surface area contributed by atoms with E-state index in [4.69, 9.17) is 19.9 Å². The van der Waals surface area contributed by atoms with Crippen molar-refractivity contribution in [2.45, 2.75) is 105 Å². The largest absolute Gasteiger partial charge is 0.463 e. The van der Waals surface area contributed by atoms with Gasteiger partial charge in [-0.1, -0.05) is 121 Å². The predicted molar refractivity (Wildman–Crippen MR) is 228 cm³/mol. The second-order valence-electron chi connectivity index (χ2n) is 15.4. The number of hydrogen-bond donors (Lipinski definition) is 3. The van der Waals surface area contributed by atoms with Crippen LogP contribution in [-0.2, 0) is 28.6 Å². The first-order chi connectivity index (χ1) is 28.0. The van der Waals surface area contributed by atoms with E-state index in [2.05, 4.69) is 53.1 Å². The zero-order chi connectivity index (χ0) is 43.3. The average Bonchev–Trinajstić information content (AvgIpc) is 3.74. The van der Waals surface area contributed by atoms with Crippen molar-refractivity contribution in [3.05, 3.63) is 131 Å². The van der Waals surface area contributed by atoms with Crippen LogP contribution < -0.4 is 5.73 Å². The number of aliphatic hydroxyl groups is 2. The zero-order valence-electron chi connectivity index (χ0n) is 35.2. The van der Waals surface area contributed by atoms with E-state index >= 15 is 0 Å². The summed E-state index contributed by atoms with van der Waals surface area (Å²) in [7, 11) is 0. The Morgan fingerprint density at radius 1 is 0.881 bits per heavy atom. The van der Waals surface area contributed by atoms with Crippen LogP contribution in [0.25, 0.3) is 11.2 Å². The van der Waals surface area contributed by atoms with Gasteiger partial charge in [0.05, 0.1) is 19.2 Å². The number of rotatable bonds is 16. The van der Waals surface area contributed by atoms with Crippen LogP contribution >= 0.6 is 0 Å². The van der Waals surface area contributed by atoms with Gasteiger partial charge in [-0.2, -0.15) is 0 Å². The second kappa shape index (κ2) is 21.3. The monoisotopic (exact) mass is 807 g/mol. The minimum absolute atomic E-state index is 0.144. The molecular formula is C46H57N5O8. The summed E-state index contributed by atoms with van der Waals surface area (Å²) >= 11 is 0. The minimum Gasteiger partial charge on any atom is -0.463 e. The molecule has 1 aliphatic carbocycles. The first kappa shape index (κ1) is 45.9. The first-order valence-corrected chi connectivity index (χ1v) is 19.6. The van der Waals surface area contributed by atoms with Gasteiger partial charge in [-0.05, 0) is 58.1 Å². The number of ether oxygens (including phenoxy) is 3. The lowest BCUT2D eigenvalue weighted by molar-refractivity contribution is -0.159. The third kappa shape index (κ3) is 12.9. The van der Waals surface area contributed by atoms with Gasteiger partial charge in [0.2, 0.25) is 0 Å². The van der Waals surface area contributed by atoms with Crippen molar-refractivity contribution in [2.24, 2.45) is 5.41 Å². The Morgan fingerprint density at radius 3 is 2.12 bits per heavy atom. The Bertz CT molecular complexity index is 2180. The number of nitrogens with zero attached hydrogens (tertiary/aromatic N) is 4. The molecule has 1 fully saturated rings. The molecule has 0 spiro atoms. The van der Waals surface area contributed by atoms with E-state index in [9.17, 15) is 24.6 Å². The second-order valence-corrected chi connectivity index (χ2v) is 15.4. The lowest BCUT2D eigenvalue weighted by Gasteiger charge is -2.36. The summed E-state index contributed by atoms with van der Waals surface area (Å²) < 4.78 is 18.0. The van der Waals surface area contributed by atoms with E-state index < -0.39 is 48.0 Å². The van der Waals surface area contributed by atoms with Crippen LogP contribution in [-0.4, -0.2) is 78.5 Å². The molecule has 5 atom stereocenters. The fourth-order valence-electron chi connectivity index (χ4n) is 6.63. The van der Waals surface area contributed by atoms with Crippen molar-refractivity contribution in [2.75, 3.05) is 12.3 Å². The Morgan fingerprint density at radius 2 is 1.47 bits per heavy atom. The maximum Gasteiger partial charge on any atom is 0.307 e. The number of ketones is 1. The highest BCUT2D eigenvalue weighted by Crippen LogP contribution is 2.41. The minimum atomic E-state index is -1.39. The number of nitrogen functional groups attached to an aromatic ring is 1. The van der Waals surface area contributed by atoms with Crippen molar-refractivity contribution >= 4 is 34.7 Å². The molecule has 4 N–H and O–H groups in total. The number of imidazole rings is 1. The number of nitrogens with two attached hydrogens (primary N) is 1. The summed E-state index contributed by atoms with van der Waals surface area (Å²) in [5.41, 5.74) is 11.8. The van der Waals surface area contributed by atoms with E-state index in [1.165, 1.54) is 22.8 Å². The molecule has 2 aromatic rings. The van der Waals surface area contributed by atoms with Crippen LogP contribution in [0, 0.1) is 5.41 Å². The summed E-state index contributed by atoms with van der Waals surface area (Å²) in [6.45, 7) is 15.5. The van der Waals surface area contributed by atoms with Gasteiger partial charge in [-0.25, -0.2) is 15.0 Å². The van der Waals surface area contributed by atoms with E-state index in [0.29, 0.717) is 16.7 Å². The number of Topliss-reactive ketones (excluding diaryl/α,β-unsaturated/α-hetero) is 1. The first-order valence-electron chi connectivity index (χ1n) is 19.6. The van der Waals surface area contributed by atoms with Crippen molar-refractivity contribution in [1.82, 2.24) is 19.5 Å². The molecule has 5 unspecified atom stereocenters. The van der Waals surface area contributed by atoms with Crippen LogP contribution in [0.5, 0.6) is 0 Å². The molecular weight excluding hydrogens is 751 g/mol. The molecule has 3 heterocycles. The standard InChI is InChI=1S/C46H57N5O8/c1-9-14-29(2)17-12-18-30(3)15-10-11-16-31(4)19-13-20-32(5)21-22-34-33(6)40(54)35(25-46(34,7)8)58-38(53)24-23-37(52)57-26-36-41(55)42(56)45(59-36)51-28-50-39-43(47)48-27-49-44(39)51/h9-22,27-28,35-36,41-42,45,55-56H,23-26H2,1-8H3,(H2,47,48,49)/b11-10+,14-9+,18-12+,19-13+,22-21+,29-17+,30-15+,31-16+,32-20+. The Balaban J connectivity index is 1.24. The molecule has 0 aromatic carbocycles. The number of anilines is 1. The summed E-state index contributed by atoms with van der Waals surface area (Å²) in [5, 5.41) is 21.2. The smallest absolute Gasteiger partial charge is 0.307 e. The molecule has 2 aliphatic rings. The molecule has 1 saturated heterocycles. The number of aliphatic hydroxyl groups excluding tert-OH is 2. The Labute approximate surface area is 346 Å². The molecule has 2 aromatic heterocycles. The van der Waals surface area contributed by atoms with Gasteiger partial charge in [0.15, 0.2) is 29.6 Å². The molecule has 0 amide bonds. The normalized spacial score (nSPS) is 23.7. The lowest BCUT2D eigenvalue weighted by atomic mass is 9.71. The van der Waals surface area contributed by atoms with Crippen LogP contribution in [0.3, 0.4) is 0 Å². The van der Waals surface area contributed by atoms with Crippen molar-refractivity contribution in [3.63, 3.8) is 0 Å². The molecule has 0 bridgehead atoms. The molecule has 4 rings (SSSR count). The number of aromatic nitrogens is 4. The third-order valence-electron chi connectivity index (χ3n) is 9.91. The van der Waals surface area contributed by atoms with Gasteiger partial charge in [0.1, 0.15) is 36.8 Å². The van der Waals surface area contributed by atoms with Gasteiger partial charge in [-0.15, -0.1) is 0 Å². The van der Waals surface area contributed by atoms with Crippen molar-refractivity contribution in [1.29, 1.82) is 0 Å². The van der Waals surface area contributed by atoms with E-state index in [0.717, 1.165) is 22.3 Å². The Kier molecular flexibility index (Phi) is 16.6. The van der Waals surface area contributed by atoms with Crippen LogP contribution in [0.4, 0.5) is 5.82 Å². The van der Waals surface area contributed by atoms with Gasteiger partial charge in [0.25, 0.3) is 0 Å². The summed E-state index contributed by atoms with van der Waals surface area (Å²) in [6, 6.07) is 0. The molecule has 314 valence electrons. The quantitative estimate of drug-likeness (QED) is 0.115. The highest BCUT2D eigenvalue weighted by molar-refractivity contribution is 6.01. The molecule has 0 saturated carbocycles. The summed E-state index contributed by atoms with van der Waals surface area (Å²) in [4.78, 5) is 50.8. The van der Waals surface area contributed by atoms with Crippen LogP contribution in [0.1, 0.15) is 80.9 Å². The number of allylic oxidation sites excluding steroid dienone is 19. The maximum atomic E-state index is 13.3. The number of hydrogen-bond acceptors (Lipinski definition) is 12. The van der Waals surface area contributed by atoms with Gasteiger partial charge < -0.3 is 30.2 Å². The number of carbonyl (C=O) groups excluding carboxylic acids is 3. The highest BCUT2D eigenvalue weighted by Gasteiger charge is 2.45. The molecule has 59 heavy (non-hydrogen) atoms. The fourth-order valence-corrected chi connectivity index (χ4v) is 6.63. The number of fused-ring (bicyclic) bond motifs is 1.